The molecule has 110 valence electrons. The van der Waals surface area contributed by atoms with Gasteiger partial charge in [-0.15, -0.1) is 0 Å². The van der Waals surface area contributed by atoms with Crippen LogP contribution in [0.1, 0.15) is 34.9 Å². The van der Waals surface area contributed by atoms with Gasteiger partial charge < -0.3 is 20.4 Å². The molecule has 21 heavy (non-hydrogen) atoms. The molecule has 0 bridgehead atoms. The Morgan fingerprint density at radius 2 is 2.29 bits per heavy atom. The fourth-order valence-electron chi connectivity index (χ4n) is 2.92. The molecule has 1 atom stereocenters. The number of carbonyl (C=O) groups excluding carboxylic acids is 1. The van der Waals surface area contributed by atoms with Crippen LogP contribution in [0.4, 0.5) is 5.69 Å². The highest BCUT2D eigenvalue weighted by atomic mass is 16.5. The van der Waals surface area contributed by atoms with Crippen LogP contribution in [0.3, 0.4) is 0 Å². The predicted octanol–water partition coefficient (Wildman–Crippen LogP) is 2.58. The number of methoxy groups -OCH3 is 1. The Balaban J connectivity index is 1.86. The Labute approximate surface area is 123 Å². The van der Waals surface area contributed by atoms with Crippen LogP contribution in [0.25, 0.3) is 0 Å². The maximum absolute atomic E-state index is 12.7. The van der Waals surface area contributed by atoms with Crippen molar-refractivity contribution in [3.05, 3.63) is 47.8 Å². The molecule has 2 heterocycles. The number of aromatic nitrogens is 1. The number of benzene rings is 1. The molecule has 0 aliphatic carbocycles. The highest BCUT2D eigenvalue weighted by Gasteiger charge is 2.31. The van der Waals surface area contributed by atoms with Gasteiger partial charge in [0.15, 0.2) is 0 Å². The molecule has 1 aromatic heterocycles. The van der Waals surface area contributed by atoms with Crippen LogP contribution in [0.15, 0.2) is 36.5 Å². The second kappa shape index (κ2) is 5.52. The van der Waals surface area contributed by atoms with Crippen LogP contribution in [0.5, 0.6) is 5.75 Å². The van der Waals surface area contributed by atoms with E-state index in [4.69, 9.17) is 10.5 Å². The number of nitrogen functional groups attached to an aromatic ring is 1. The molecular weight excluding hydrogens is 266 g/mol. The Bertz CT molecular complexity index is 637. The zero-order valence-corrected chi connectivity index (χ0v) is 12.0. The summed E-state index contributed by atoms with van der Waals surface area (Å²) in [7, 11) is 1.56. The summed E-state index contributed by atoms with van der Waals surface area (Å²) in [6.45, 7) is 0.772. The SMILES string of the molecule is COc1ccc(C(=O)N2CCCC2c2ccc[nH]2)cc1N. The number of hydrogen-bond donors (Lipinski definition) is 2. The van der Waals surface area contributed by atoms with E-state index >= 15 is 0 Å². The molecule has 1 amide bonds. The number of hydrogen-bond acceptors (Lipinski definition) is 3. The predicted molar refractivity (Wildman–Crippen MR) is 81.2 cm³/mol. The second-order valence-electron chi connectivity index (χ2n) is 5.24. The molecule has 1 aliphatic rings. The Kier molecular flexibility index (Phi) is 3.56. The standard InChI is InChI=1S/C16H19N3O2/c1-21-15-7-6-11(10-12(15)17)16(20)19-9-3-5-14(19)13-4-2-8-18-13/h2,4,6-8,10,14,18H,3,5,9,17H2,1H3. The zero-order chi connectivity index (χ0) is 14.8. The van der Waals surface area contributed by atoms with E-state index in [1.807, 2.05) is 23.2 Å². The maximum Gasteiger partial charge on any atom is 0.254 e. The summed E-state index contributed by atoms with van der Waals surface area (Å²) < 4.78 is 5.13. The fourth-order valence-corrected chi connectivity index (χ4v) is 2.92. The number of anilines is 1. The third-order valence-corrected chi connectivity index (χ3v) is 3.97. The number of H-pyrrole nitrogens is 1. The van der Waals surface area contributed by atoms with Crippen molar-refractivity contribution in [1.29, 1.82) is 0 Å². The minimum Gasteiger partial charge on any atom is -0.495 e. The summed E-state index contributed by atoms with van der Waals surface area (Å²) >= 11 is 0. The average Bonchev–Trinajstić information content (AvgIpc) is 3.16. The molecule has 5 heteroatoms. The van der Waals surface area contributed by atoms with Gasteiger partial charge in [0, 0.05) is 24.0 Å². The molecule has 0 saturated carbocycles. The lowest BCUT2D eigenvalue weighted by atomic mass is 10.1. The lowest BCUT2D eigenvalue weighted by molar-refractivity contribution is 0.0733. The maximum atomic E-state index is 12.7. The molecule has 1 unspecified atom stereocenters. The van der Waals surface area contributed by atoms with Crippen LogP contribution in [0.2, 0.25) is 0 Å². The quantitative estimate of drug-likeness (QED) is 0.851. The smallest absolute Gasteiger partial charge is 0.254 e. The molecule has 5 nitrogen and oxygen atoms in total. The normalized spacial score (nSPS) is 18.0. The van der Waals surface area contributed by atoms with Gasteiger partial charge in [-0.3, -0.25) is 4.79 Å². The van der Waals surface area contributed by atoms with Gasteiger partial charge in [-0.1, -0.05) is 0 Å². The summed E-state index contributed by atoms with van der Waals surface area (Å²) in [5, 5.41) is 0. The van der Waals surface area contributed by atoms with Crippen molar-refractivity contribution in [3.8, 4) is 5.75 Å². The zero-order valence-electron chi connectivity index (χ0n) is 12.0. The van der Waals surface area contributed by atoms with E-state index in [-0.39, 0.29) is 11.9 Å². The Morgan fingerprint density at radius 1 is 1.43 bits per heavy atom. The molecule has 0 spiro atoms. The summed E-state index contributed by atoms with van der Waals surface area (Å²) in [6.07, 6.45) is 3.89. The van der Waals surface area contributed by atoms with Crippen molar-refractivity contribution in [2.75, 3.05) is 19.4 Å². The molecule has 3 rings (SSSR count). The summed E-state index contributed by atoms with van der Waals surface area (Å²) in [5.41, 5.74) is 8.07. The monoisotopic (exact) mass is 285 g/mol. The van der Waals surface area contributed by atoms with Gasteiger partial charge in [0.25, 0.3) is 5.91 Å². The van der Waals surface area contributed by atoms with Crippen LogP contribution in [0, 0.1) is 0 Å². The number of nitrogens with one attached hydrogen (secondary N) is 1. The molecule has 1 aromatic carbocycles. The lowest BCUT2D eigenvalue weighted by Crippen LogP contribution is -2.30. The number of nitrogens with zero attached hydrogens (tertiary/aromatic N) is 1. The lowest BCUT2D eigenvalue weighted by Gasteiger charge is -2.24. The minimum absolute atomic E-state index is 0.0152. The van der Waals surface area contributed by atoms with Gasteiger partial charge in [0.1, 0.15) is 5.75 Å². The second-order valence-corrected chi connectivity index (χ2v) is 5.24. The highest BCUT2D eigenvalue weighted by molar-refractivity contribution is 5.96. The van der Waals surface area contributed by atoms with Crippen molar-refractivity contribution in [2.24, 2.45) is 0 Å². The summed E-state index contributed by atoms with van der Waals surface area (Å²) in [4.78, 5) is 17.8. The number of rotatable bonds is 3. The number of carbonyl (C=O) groups is 1. The van der Waals surface area contributed by atoms with Crippen molar-refractivity contribution in [3.63, 3.8) is 0 Å². The Morgan fingerprint density at radius 3 is 2.95 bits per heavy atom. The fraction of sp³-hybridized carbons (Fsp3) is 0.312. The summed E-state index contributed by atoms with van der Waals surface area (Å²) in [6, 6.07) is 9.30. The van der Waals surface area contributed by atoms with Gasteiger partial charge in [0.05, 0.1) is 18.8 Å². The van der Waals surface area contributed by atoms with Gasteiger partial charge in [-0.25, -0.2) is 0 Å². The van der Waals surface area contributed by atoms with E-state index in [0.29, 0.717) is 17.0 Å². The summed E-state index contributed by atoms with van der Waals surface area (Å²) in [5.74, 6) is 0.607. The van der Waals surface area contributed by atoms with E-state index in [0.717, 1.165) is 25.1 Å². The number of ether oxygens (including phenoxy) is 1. The van der Waals surface area contributed by atoms with Crippen LogP contribution in [-0.2, 0) is 0 Å². The van der Waals surface area contributed by atoms with E-state index < -0.39 is 0 Å². The first kappa shape index (κ1) is 13.5. The number of nitrogens with two attached hydrogens (primary N) is 1. The van der Waals surface area contributed by atoms with Crippen LogP contribution in [-0.4, -0.2) is 29.4 Å². The molecular formula is C16H19N3O2. The molecule has 3 N–H and O–H groups in total. The third-order valence-electron chi connectivity index (χ3n) is 3.97. The largest absolute Gasteiger partial charge is 0.495 e. The Hall–Kier alpha value is -2.43. The van der Waals surface area contributed by atoms with Crippen LogP contribution >= 0.6 is 0 Å². The highest BCUT2D eigenvalue weighted by Crippen LogP contribution is 2.33. The first-order valence-electron chi connectivity index (χ1n) is 7.08. The van der Waals surface area contributed by atoms with Gasteiger partial charge in [0.2, 0.25) is 0 Å². The van der Waals surface area contributed by atoms with E-state index in [9.17, 15) is 4.79 Å². The van der Waals surface area contributed by atoms with E-state index in [2.05, 4.69) is 4.98 Å². The first-order valence-corrected chi connectivity index (χ1v) is 7.08. The number of amides is 1. The minimum atomic E-state index is 0.0152. The van der Waals surface area contributed by atoms with Crippen molar-refractivity contribution in [1.82, 2.24) is 9.88 Å². The van der Waals surface area contributed by atoms with Gasteiger partial charge in [-0.05, 0) is 43.2 Å². The van der Waals surface area contributed by atoms with Crippen molar-refractivity contribution < 1.29 is 9.53 Å². The molecule has 1 saturated heterocycles. The van der Waals surface area contributed by atoms with Crippen LogP contribution < -0.4 is 10.5 Å². The molecule has 2 aromatic rings. The molecule has 1 aliphatic heterocycles. The van der Waals surface area contributed by atoms with Gasteiger partial charge in [-0.2, -0.15) is 0 Å². The molecule has 0 radical (unpaired) electrons. The van der Waals surface area contributed by atoms with Crippen molar-refractivity contribution in [2.45, 2.75) is 18.9 Å². The third kappa shape index (κ3) is 2.46. The topological polar surface area (TPSA) is 71.3 Å². The first-order chi connectivity index (χ1) is 10.2. The number of likely N-dealkylation sites (tertiary alicyclic amines) is 1. The molecule has 1 fully saturated rings. The van der Waals surface area contributed by atoms with Crippen molar-refractivity contribution >= 4 is 11.6 Å². The van der Waals surface area contributed by atoms with E-state index in [1.165, 1.54) is 0 Å². The average molecular weight is 285 g/mol. The van der Waals surface area contributed by atoms with Gasteiger partial charge >= 0.3 is 0 Å². The van der Waals surface area contributed by atoms with E-state index in [1.54, 1.807) is 25.3 Å². The number of aromatic amines is 1.